The topological polar surface area (TPSA) is 25.2 Å². The van der Waals surface area contributed by atoms with Gasteiger partial charge in [-0.25, -0.2) is 0 Å². The van der Waals surface area contributed by atoms with E-state index in [0.29, 0.717) is 6.54 Å². The van der Waals surface area contributed by atoms with Gasteiger partial charge in [-0.15, -0.1) is 0 Å². The fourth-order valence-electron chi connectivity index (χ4n) is 3.38. The van der Waals surface area contributed by atoms with Crippen molar-refractivity contribution in [3.8, 4) is 0 Å². The van der Waals surface area contributed by atoms with Gasteiger partial charge in [0.15, 0.2) is 0 Å². The maximum Gasteiger partial charge on any atom is 0.0610 e. The molecule has 1 N–H and O–H groups in total. The number of hydrogen-bond donors (Lipinski definition) is 1. The summed E-state index contributed by atoms with van der Waals surface area (Å²) < 4.78 is 2.24. The van der Waals surface area contributed by atoms with E-state index in [2.05, 4.69) is 82.5 Å². The molecular formula is C22H29NO. The smallest absolute Gasteiger partial charge is 0.0610 e. The van der Waals surface area contributed by atoms with Crippen molar-refractivity contribution in [2.45, 2.75) is 58.9 Å². The van der Waals surface area contributed by atoms with E-state index >= 15 is 0 Å². The van der Waals surface area contributed by atoms with Crippen molar-refractivity contribution in [3.63, 3.8) is 0 Å². The van der Waals surface area contributed by atoms with Crippen LogP contribution in [0.4, 0.5) is 0 Å². The molecule has 0 bridgehead atoms. The van der Waals surface area contributed by atoms with E-state index < -0.39 is 0 Å². The summed E-state index contributed by atoms with van der Waals surface area (Å²) in [5, 5.41) is 12.1. The van der Waals surface area contributed by atoms with Gasteiger partial charge in [0.05, 0.1) is 6.61 Å². The lowest BCUT2D eigenvalue weighted by atomic mass is 9.85. The number of fused-ring (bicyclic) bond motifs is 3. The van der Waals surface area contributed by atoms with Crippen LogP contribution in [0.1, 0.15) is 52.7 Å². The first-order valence-corrected chi connectivity index (χ1v) is 8.81. The lowest BCUT2D eigenvalue weighted by Crippen LogP contribution is -2.10. The van der Waals surface area contributed by atoms with Crippen molar-refractivity contribution in [2.24, 2.45) is 0 Å². The van der Waals surface area contributed by atoms with Crippen LogP contribution in [-0.4, -0.2) is 16.3 Å². The molecule has 1 heterocycles. The second kappa shape index (κ2) is 5.63. The fourth-order valence-corrected chi connectivity index (χ4v) is 3.38. The van der Waals surface area contributed by atoms with E-state index in [-0.39, 0.29) is 17.4 Å². The van der Waals surface area contributed by atoms with Crippen LogP contribution in [0.25, 0.3) is 21.8 Å². The lowest BCUT2D eigenvalue weighted by Gasteiger charge is -2.19. The number of rotatable bonds is 2. The Morgan fingerprint density at radius 1 is 0.750 bits per heavy atom. The van der Waals surface area contributed by atoms with E-state index in [0.717, 1.165) is 0 Å². The van der Waals surface area contributed by atoms with Gasteiger partial charge < -0.3 is 9.67 Å². The lowest BCUT2D eigenvalue weighted by molar-refractivity contribution is 0.280. The van der Waals surface area contributed by atoms with Crippen LogP contribution in [0.5, 0.6) is 0 Å². The molecule has 0 unspecified atom stereocenters. The van der Waals surface area contributed by atoms with E-state index in [1.807, 2.05) is 0 Å². The molecule has 0 spiro atoms. The molecule has 0 radical (unpaired) electrons. The van der Waals surface area contributed by atoms with Gasteiger partial charge >= 0.3 is 0 Å². The van der Waals surface area contributed by atoms with Gasteiger partial charge in [-0.1, -0.05) is 53.7 Å². The quantitative estimate of drug-likeness (QED) is 0.673. The molecule has 0 atom stereocenters. The van der Waals surface area contributed by atoms with Crippen molar-refractivity contribution in [1.82, 2.24) is 4.57 Å². The summed E-state index contributed by atoms with van der Waals surface area (Å²) in [6.07, 6.45) is 0. The molecule has 2 heteroatoms. The molecular weight excluding hydrogens is 294 g/mol. The zero-order chi connectivity index (χ0) is 17.7. The minimum Gasteiger partial charge on any atom is -0.395 e. The van der Waals surface area contributed by atoms with Crippen LogP contribution < -0.4 is 0 Å². The Morgan fingerprint density at radius 2 is 1.17 bits per heavy atom. The van der Waals surface area contributed by atoms with Crippen molar-refractivity contribution >= 4 is 21.8 Å². The van der Waals surface area contributed by atoms with Crippen molar-refractivity contribution < 1.29 is 5.11 Å². The van der Waals surface area contributed by atoms with E-state index in [1.165, 1.54) is 32.9 Å². The summed E-state index contributed by atoms with van der Waals surface area (Å²) in [7, 11) is 0. The second-order valence-electron chi connectivity index (χ2n) is 8.84. The van der Waals surface area contributed by atoms with Crippen molar-refractivity contribution in [1.29, 1.82) is 0 Å². The summed E-state index contributed by atoms with van der Waals surface area (Å²) >= 11 is 0. The molecule has 3 rings (SSSR count). The van der Waals surface area contributed by atoms with Crippen LogP contribution in [0.15, 0.2) is 36.4 Å². The minimum atomic E-state index is 0.126. The Morgan fingerprint density at radius 3 is 1.50 bits per heavy atom. The van der Waals surface area contributed by atoms with Gasteiger partial charge in [0.25, 0.3) is 0 Å². The van der Waals surface area contributed by atoms with Gasteiger partial charge in [0.1, 0.15) is 0 Å². The largest absolute Gasteiger partial charge is 0.395 e. The van der Waals surface area contributed by atoms with Gasteiger partial charge in [0.2, 0.25) is 0 Å². The molecule has 0 saturated heterocycles. The molecule has 1 aromatic heterocycles. The maximum atomic E-state index is 9.50. The first-order valence-electron chi connectivity index (χ1n) is 8.81. The number of nitrogens with zero attached hydrogens (tertiary/aromatic N) is 1. The zero-order valence-electron chi connectivity index (χ0n) is 15.8. The third-order valence-corrected chi connectivity index (χ3v) is 4.92. The third-order valence-electron chi connectivity index (χ3n) is 4.92. The highest BCUT2D eigenvalue weighted by atomic mass is 16.3. The molecule has 0 fully saturated rings. The van der Waals surface area contributed by atoms with Crippen LogP contribution in [-0.2, 0) is 17.4 Å². The Kier molecular flexibility index (Phi) is 4.00. The van der Waals surface area contributed by atoms with Crippen molar-refractivity contribution in [3.05, 3.63) is 47.5 Å². The normalized spacial score (nSPS) is 13.1. The molecule has 0 aliphatic carbocycles. The number of aliphatic hydroxyl groups excluding tert-OH is 1. The summed E-state index contributed by atoms with van der Waals surface area (Å²) in [5.74, 6) is 0. The Labute approximate surface area is 145 Å². The summed E-state index contributed by atoms with van der Waals surface area (Å²) in [5.41, 5.74) is 5.36. The number of aromatic nitrogens is 1. The van der Waals surface area contributed by atoms with Crippen LogP contribution >= 0.6 is 0 Å². The average Bonchev–Trinajstić information content (AvgIpc) is 2.79. The first-order chi connectivity index (χ1) is 11.1. The molecule has 2 aromatic carbocycles. The highest BCUT2D eigenvalue weighted by Gasteiger charge is 2.19. The fraction of sp³-hybridized carbons (Fsp3) is 0.455. The standard InChI is InChI=1S/C22H29NO/c1-21(2,3)15-7-9-19-17(13-15)18-14-16(22(4,5)6)8-10-20(18)23(19)11-12-24/h7-10,13-14,24H,11-12H2,1-6H3. The Bertz CT molecular complexity index is 817. The predicted octanol–water partition coefficient (Wildman–Crippen LogP) is 5.38. The van der Waals surface area contributed by atoms with Crippen LogP contribution in [0.3, 0.4) is 0 Å². The number of benzene rings is 2. The molecule has 0 saturated carbocycles. The van der Waals surface area contributed by atoms with Gasteiger partial charge in [-0.2, -0.15) is 0 Å². The van der Waals surface area contributed by atoms with Gasteiger partial charge in [0, 0.05) is 28.4 Å². The molecule has 2 nitrogen and oxygen atoms in total. The molecule has 0 aliphatic heterocycles. The highest BCUT2D eigenvalue weighted by Crippen LogP contribution is 2.35. The Balaban J connectivity index is 2.38. The highest BCUT2D eigenvalue weighted by molar-refractivity contribution is 6.08. The van der Waals surface area contributed by atoms with E-state index in [1.54, 1.807) is 0 Å². The molecule has 0 aliphatic rings. The van der Waals surface area contributed by atoms with Crippen LogP contribution in [0, 0.1) is 0 Å². The predicted molar refractivity (Wildman–Crippen MR) is 104 cm³/mol. The van der Waals surface area contributed by atoms with Gasteiger partial charge in [-0.3, -0.25) is 0 Å². The minimum absolute atomic E-state index is 0.126. The van der Waals surface area contributed by atoms with E-state index in [9.17, 15) is 5.11 Å². The maximum absolute atomic E-state index is 9.50. The second-order valence-corrected chi connectivity index (χ2v) is 8.84. The average molecular weight is 323 g/mol. The SMILES string of the molecule is CC(C)(C)c1ccc2c(c1)c1cc(C(C)(C)C)ccc1n2CCO. The molecule has 0 amide bonds. The summed E-state index contributed by atoms with van der Waals surface area (Å²) in [6.45, 7) is 14.3. The number of aliphatic hydroxyl groups is 1. The van der Waals surface area contributed by atoms with E-state index in [4.69, 9.17) is 0 Å². The first kappa shape index (κ1) is 17.0. The monoisotopic (exact) mass is 323 g/mol. The molecule has 128 valence electrons. The number of hydrogen-bond acceptors (Lipinski definition) is 1. The summed E-state index contributed by atoms with van der Waals surface area (Å²) in [6, 6.07) is 13.5. The molecule has 24 heavy (non-hydrogen) atoms. The Hall–Kier alpha value is -1.80. The molecule has 3 aromatic rings. The summed E-state index contributed by atoms with van der Waals surface area (Å²) in [4.78, 5) is 0. The van der Waals surface area contributed by atoms with Gasteiger partial charge in [-0.05, 0) is 46.2 Å². The zero-order valence-corrected chi connectivity index (χ0v) is 15.8. The van der Waals surface area contributed by atoms with Crippen LogP contribution in [0.2, 0.25) is 0 Å². The van der Waals surface area contributed by atoms with Crippen molar-refractivity contribution in [2.75, 3.05) is 6.61 Å². The third kappa shape index (κ3) is 2.84.